The van der Waals surface area contributed by atoms with Crippen LogP contribution in [0, 0.1) is 0 Å². The van der Waals surface area contributed by atoms with Gasteiger partial charge in [-0.3, -0.25) is 14.6 Å². The molecule has 3 nitrogen and oxygen atoms in total. The summed E-state index contributed by atoms with van der Waals surface area (Å²) in [7, 11) is 0. The molecule has 1 heterocycles. The van der Waals surface area contributed by atoms with Crippen molar-refractivity contribution in [2.45, 2.75) is 38.7 Å². The topological polar surface area (TPSA) is 46.5 Å². The first-order valence-electron chi connectivity index (χ1n) is 10.9. The average molecular weight is 503 g/mol. The lowest BCUT2D eigenvalue weighted by Gasteiger charge is -2.14. The number of ketones is 2. The van der Waals surface area contributed by atoms with Gasteiger partial charge in [0, 0.05) is 25.3 Å². The maximum absolute atomic E-state index is 13.1. The minimum Gasteiger partial charge on any atom is -0.299 e. The zero-order chi connectivity index (χ0) is 26.3. The third-order valence-electron chi connectivity index (χ3n) is 5.84. The number of carbonyl (C=O) groups is 2. The summed E-state index contributed by atoms with van der Waals surface area (Å²) >= 11 is 0. The Morgan fingerprint density at radius 1 is 0.750 bits per heavy atom. The molecule has 0 aliphatic carbocycles. The van der Waals surface area contributed by atoms with Crippen LogP contribution in [-0.4, -0.2) is 17.3 Å². The van der Waals surface area contributed by atoms with Crippen LogP contribution >= 0.6 is 0 Å². The van der Waals surface area contributed by atoms with Gasteiger partial charge in [0.05, 0.1) is 17.7 Å². The summed E-state index contributed by atoms with van der Waals surface area (Å²) < 4.78 is 78.3. The van der Waals surface area contributed by atoms with Crippen LogP contribution in [-0.2, 0) is 41.3 Å². The maximum Gasteiger partial charge on any atom is 0.416 e. The first-order chi connectivity index (χ1) is 16.8. The molecule has 0 fully saturated rings. The summed E-state index contributed by atoms with van der Waals surface area (Å²) in [6.07, 6.45) is -10.6. The van der Waals surface area contributed by atoms with E-state index in [4.69, 9.17) is 0 Å². The highest BCUT2D eigenvalue weighted by molar-refractivity contribution is 6.46. The number of hydrogen-bond acceptors (Lipinski definition) is 3. The second-order valence-electron chi connectivity index (χ2n) is 8.60. The van der Waals surface area contributed by atoms with E-state index in [1.165, 1.54) is 6.92 Å². The Balaban J connectivity index is 1.47. The van der Waals surface area contributed by atoms with Crippen molar-refractivity contribution < 1.29 is 35.9 Å². The molecule has 0 unspecified atom stereocenters. The van der Waals surface area contributed by atoms with E-state index in [9.17, 15) is 35.9 Å². The largest absolute Gasteiger partial charge is 0.416 e. The van der Waals surface area contributed by atoms with Gasteiger partial charge in [0.25, 0.3) is 0 Å². The molecule has 4 rings (SSSR count). The molecule has 1 aliphatic rings. The molecule has 3 aromatic rings. The number of Topliss-reactive ketones (excluding diaryl/α,β-unsaturated/α-hetero) is 2. The second-order valence-corrected chi connectivity index (χ2v) is 8.60. The number of halogens is 6. The summed E-state index contributed by atoms with van der Waals surface area (Å²) in [6.45, 7) is 1.88. The predicted molar refractivity (Wildman–Crippen MR) is 122 cm³/mol. The van der Waals surface area contributed by atoms with Crippen LogP contribution < -0.4 is 0 Å². The molecule has 0 amide bonds. The van der Waals surface area contributed by atoms with E-state index in [2.05, 4.69) is 4.99 Å². The van der Waals surface area contributed by atoms with Gasteiger partial charge < -0.3 is 0 Å². The fraction of sp³-hybridized carbons (Fsp3) is 0.222. The van der Waals surface area contributed by atoms with Crippen LogP contribution in [0.25, 0.3) is 11.1 Å². The number of benzene rings is 3. The fourth-order valence-electron chi connectivity index (χ4n) is 4.14. The monoisotopic (exact) mass is 503 g/mol. The van der Waals surface area contributed by atoms with E-state index in [0.29, 0.717) is 30.0 Å². The van der Waals surface area contributed by atoms with Gasteiger partial charge in [-0.05, 0) is 52.1 Å². The van der Waals surface area contributed by atoms with Crippen LogP contribution in [0.1, 0.15) is 40.3 Å². The zero-order valence-corrected chi connectivity index (χ0v) is 18.9. The van der Waals surface area contributed by atoms with Gasteiger partial charge in [-0.15, -0.1) is 0 Å². The molecular formula is C27H19F6NO2. The Labute approximate surface area is 202 Å². The number of alkyl halides is 6. The lowest BCUT2D eigenvalue weighted by atomic mass is 9.95. The van der Waals surface area contributed by atoms with Gasteiger partial charge >= 0.3 is 12.4 Å². The predicted octanol–water partition coefficient (Wildman–Crippen LogP) is 6.64. The van der Waals surface area contributed by atoms with Crippen LogP contribution in [0.3, 0.4) is 0 Å². The molecule has 0 aromatic heterocycles. The summed E-state index contributed by atoms with van der Waals surface area (Å²) in [5, 5.41) is 0. The summed E-state index contributed by atoms with van der Waals surface area (Å²) in [4.78, 5) is 28.4. The number of rotatable bonds is 6. The van der Waals surface area contributed by atoms with Crippen molar-refractivity contribution in [2.75, 3.05) is 0 Å². The number of hydrogen-bond donors (Lipinski definition) is 0. The number of fused-ring (bicyclic) bond motifs is 1. The molecule has 3 aromatic carbocycles. The third-order valence-corrected chi connectivity index (χ3v) is 5.84. The second kappa shape index (κ2) is 9.37. The van der Waals surface area contributed by atoms with Crippen LogP contribution in [0.4, 0.5) is 26.3 Å². The SMILES string of the molecule is CC(=O)C1=NCc2cc(-c3ccc(CC(=O)Cc4cc(C(F)(F)F)cc(C(F)(F)F)c4)cc3)ccc21. The van der Waals surface area contributed by atoms with Crippen molar-refractivity contribution in [3.63, 3.8) is 0 Å². The van der Waals surface area contributed by atoms with Crippen molar-refractivity contribution >= 4 is 17.3 Å². The Morgan fingerprint density at radius 3 is 1.86 bits per heavy atom. The molecule has 0 spiro atoms. The number of carbonyl (C=O) groups excluding carboxylic acids is 2. The molecule has 186 valence electrons. The molecule has 0 N–H and O–H groups in total. The number of nitrogens with zero attached hydrogens (tertiary/aromatic N) is 1. The lowest BCUT2D eigenvalue weighted by molar-refractivity contribution is -0.143. The maximum atomic E-state index is 13.1. The van der Waals surface area contributed by atoms with E-state index in [-0.39, 0.29) is 23.8 Å². The third kappa shape index (κ3) is 5.56. The van der Waals surface area contributed by atoms with Crippen molar-refractivity contribution in [3.8, 4) is 11.1 Å². The van der Waals surface area contributed by atoms with Crippen molar-refractivity contribution in [2.24, 2.45) is 4.99 Å². The lowest BCUT2D eigenvalue weighted by Crippen LogP contribution is -2.14. The Bertz CT molecular complexity index is 1340. The highest BCUT2D eigenvalue weighted by atomic mass is 19.4. The minimum absolute atomic E-state index is 0.0404. The summed E-state index contributed by atoms with van der Waals surface area (Å²) in [5.41, 5.74) is 1.26. The summed E-state index contributed by atoms with van der Waals surface area (Å²) in [5.74, 6) is -0.614. The molecule has 1 aliphatic heterocycles. The first kappa shape index (κ1) is 25.3. The molecule has 9 heteroatoms. The van der Waals surface area contributed by atoms with Crippen LogP contribution in [0.5, 0.6) is 0 Å². The van der Waals surface area contributed by atoms with Crippen LogP contribution in [0.2, 0.25) is 0 Å². The van der Waals surface area contributed by atoms with Crippen molar-refractivity contribution in [1.29, 1.82) is 0 Å². The van der Waals surface area contributed by atoms with Gasteiger partial charge in [0.1, 0.15) is 11.5 Å². The quantitative estimate of drug-likeness (QED) is 0.354. The van der Waals surface area contributed by atoms with E-state index in [1.807, 2.05) is 18.2 Å². The highest BCUT2D eigenvalue weighted by Gasteiger charge is 2.37. The molecule has 0 saturated heterocycles. The van der Waals surface area contributed by atoms with E-state index >= 15 is 0 Å². The molecule has 0 atom stereocenters. The molecular weight excluding hydrogens is 484 g/mol. The fourth-order valence-corrected chi connectivity index (χ4v) is 4.14. The van der Waals surface area contributed by atoms with Gasteiger partial charge in [-0.2, -0.15) is 26.3 Å². The van der Waals surface area contributed by atoms with Gasteiger partial charge in [-0.25, -0.2) is 0 Å². The van der Waals surface area contributed by atoms with E-state index in [1.54, 1.807) is 24.3 Å². The molecule has 36 heavy (non-hydrogen) atoms. The van der Waals surface area contributed by atoms with E-state index in [0.717, 1.165) is 22.3 Å². The van der Waals surface area contributed by atoms with Crippen molar-refractivity contribution in [1.82, 2.24) is 0 Å². The molecule has 0 radical (unpaired) electrons. The van der Waals surface area contributed by atoms with Gasteiger partial charge in [-0.1, -0.05) is 36.4 Å². The average Bonchev–Trinajstić information content (AvgIpc) is 3.22. The smallest absolute Gasteiger partial charge is 0.299 e. The molecule has 0 bridgehead atoms. The Kier molecular flexibility index (Phi) is 6.60. The Hall–Kier alpha value is -3.75. The highest BCUT2D eigenvalue weighted by Crippen LogP contribution is 2.36. The molecule has 0 saturated carbocycles. The van der Waals surface area contributed by atoms with Crippen LogP contribution in [0.15, 0.2) is 65.7 Å². The standard InChI is InChI=1S/C27H19F6NO2/c1-15(35)25-24-7-6-19(12-20(24)14-34-25)18-4-2-16(3-5-18)10-23(36)11-17-8-21(26(28,29)30)13-22(9-17)27(31,32)33/h2-9,12-13H,10-11,14H2,1H3. The summed E-state index contributed by atoms with van der Waals surface area (Å²) in [6, 6.07) is 13.7. The normalized spacial score (nSPS) is 13.4. The minimum atomic E-state index is -4.97. The first-order valence-corrected chi connectivity index (χ1v) is 10.9. The number of aliphatic imine (C=N–C) groups is 1. The Morgan fingerprint density at radius 2 is 1.31 bits per heavy atom. The van der Waals surface area contributed by atoms with Gasteiger partial charge in [0.15, 0.2) is 5.78 Å². The van der Waals surface area contributed by atoms with E-state index < -0.39 is 35.7 Å². The van der Waals surface area contributed by atoms with Gasteiger partial charge in [0.2, 0.25) is 0 Å². The zero-order valence-electron chi connectivity index (χ0n) is 18.9. The van der Waals surface area contributed by atoms with Crippen molar-refractivity contribution in [3.05, 3.63) is 94.0 Å².